The van der Waals surface area contributed by atoms with E-state index in [1.807, 2.05) is 12.1 Å². The Hall–Kier alpha value is -2.84. The second-order valence-electron chi connectivity index (χ2n) is 6.69. The summed E-state index contributed by atoms with van der Waals surface area (Å²) in [4.78, 5) is 0. The molecule has 130 valence electrons. The van der Waals surface area contributed by atoms with E-state index in [0.717, 1.165) is 41.8 Å². The molecule has 0 fully saturated rings. The summed E-state index contributed by atoms with van der Waals surface area (Å²) in [5, 5.41) is 14.0. The fraction of sp³-hybridized carbons (Fsp3) is 0.167. The Morgan fingerprint density at radius 3 is 1.85 bits per heavy atom. The lowest BCUT2D eigenvalue weighted by Crippen LogP contribution is -2.20. The van der Waals surface area contributed by atoms with Gasteiger partial charge >= 0.3 is 0 Å². The van der Waals surface area contributed by atoms with Gasteiger partial charge in [-0.1, -0.05) is 84.9 Å². The average molecular weight is 341 g/mol. The molecule has 1 aliphatic carbocycles. The molecular formula is C24H23NO. The third-order valence-corrected chi connectivity index (χ3v) is 4.91. The van der Waals surface area contributed by atoms with Crippen LogP contribution in [0, 0.1) is 0 Å². The molecular weight excluding hydrogens is 318 g/mol. The van der Waals surface area contributed by atoms with Crippen molar-refractivity contribution in [3.05, 3.63) is 90.6 Å². The van der Waals surface area contributed by atoms with Crippen molar-refractivity contribution in [3.8, 4) is 22.3 Å². The topological polar surface area (TPSA) is 32.3 Å². The van der Waals surface area contributed by atoms with Gasteiger partial charge in [-0.3, -0.25) is 0 Å². The first-order valence-electron chi connectivity index (χ1n) is 9.22. The fourth-order valence-corrected chi connectivity index (χ4v) is 3.54. The summed E-state index contributed by atoms with van der Waals surface area (Å²) < 4.78 is 0. The maximum Gasteiger partial charge on any atom is 0.0934 e. The molecule has 2 N–H and O–H groups in total. The quantitative estimate of drug-likeness (QED) is 0.623. The van der Waals surface area contributed by atoms with E-state index in [1.165, 1.54) is 11.1 Å². The number of allylic oxidation sites excluding steroid dienone is 1. The molecule has 4 rings (SSSR count). The van der Waals surface area contributed by atoms with Crippen LogP contribution in [0.3, 0.4) is 0 Å². The minimum Gasteiger partial charge on any atom is -0.387 e. The van der Waals surface area contributed by atoms with Crippen LogP contribution >= 0.6 is 0 Å². The number of rotatable bonds is 4. The van der Waals surface area contributed by atoms with Crippen molar-refractivity contribution < 1.29 is 5.11 Å². The van der Waals surface area contributed by atoms with E-state index in [1.54, 1.807) is 0 Å². The van der Waals surface area contributed by atoms with Crippen molar-refractivity contribution in [2.45, 2.75) is 25.4 Å². The van der Waals surface area contributed by atoms with Crippen LogP contribution in [0.4, 0.5) is 5.69 Å². The zero-order chi connectivity index (χ0) is 17.8. The van der Waals surface area contributed by atoms with Gasteiger partial charge in [0.15, 0.2) is 0 Å². The molecule has 0 bridgehead atoms. The van der Waals surface area contributed by atoms with Gasteiger partial charge in [-0.25, -0.2) is 0 Å². The van der Waals surface area contributed by atoms with E-state index < -0.39 is 6.10 Å². The summed E-state index contributed by atoms with van der Waals surface area (Å²) >= 11 is 0. The van der Waals surface area contributed by atoms with Crippen molar-refractivity contribution in [2.24, 2.45) is 0 Å². The van der Waals surface area contributed by atoms with E-state index in [-0.39, 0.29) is 0 Å². The number of hydrogen-bond donors (Lipinski definition) is 2. The zero-order valence-electron chi connectivity index (χ0n) is 14.7. The highest BCUT2D eigenvalue weighted by Crippen LogP contribution is 2.38. The summed E-state index contributed by atoms with van der Waals surface area (Å²) in [5.74, 6) is 0. The second-order valence-corrected chi connectivity index (χ2v) is 6.69. The SMILES string of the molecule is OC1CCCC=C1Nc1c(-c2ccccc2)cccc1-c1ccccc1. The van der Waals surface area contributed by atoms with E-state index in [0.29, 0.717) is 0 Å². The van der Waals surface area contributed by atoms with Crippen LogP contribution in [0.2, 0.25) is 0 Å². The predicted octanol–water partition coefficient (Wildman–Crippen LogP) is 5.86. The number of nitrogens with one attached hydrogen (secondary N) is 1. The van der Waals surface area contributed by atoms with Gasteiger partial charge in [-0.2, -0.15) is 0 Å². The van der Waals surface area contributed by atoms with E-state index in [2.05, 4.69) is 78.1 Å². The minimum atomic E-state index is -0.420. The molecule has 3 aromatic rings. The van der Waals surface area contributed by atoms with Crippen molar-refractivity contribution in [2.75, 3.05) is 5.32 Å². The van der Waals surface area contributed by atoms with Gasteiger partial charge in [-0.15, -0.1) is 0 Å². The number of anilines is 1. The van der Waals surface area contributed by atoms with Crippen molar-refractivity contribution >= 4 is 5.69 Å². The van der Waals surface area contributed by atoms with Crippen LogP contribution in [0.15, 0.2) is 90.6 Å². The number of hydrogen-bond acceptors (Lipinski definition) is 2. The first kappa shape index (κ1) is 16.6. The van der Waals surface area contributed by atoms with Crippen molar-refractivity contribution in [1.82, 2.24) is 0 Å². The average Bonchev–Trinajstić information content (AvgIpc) is 2.71. The summed E-state index contributed by atoms with van der Waals surface area (Å²) in [5.41, 5.74) is 6.59. The Bertz CT molecular complexity index is 842. The zero-order valence-corrected chi connectivity index (χ0v) is 14.7. The Morgan fingerprint density at radius 1 is 0.731 bits per heavy atom. The molecule has 0 aliphatic heterocycles. The summed E-state index contributed by atoms with van der Waals surface area (Å²) in [6, 6.07) is 27.2. The summed E-state index contributed by atoms with van der Waals surface area (Å²) in [7, 11) is 0. The van der Waals surface area contributed by atoms with Crippen LogP contribution in [-0.4, -0.2) is 11.2 Å². The standard InChI is InChI=1S/C24H23NO/c26-23-17-8-7-16-22(23)25-24-20(18-10-3-1-4-11-18)14-9-15-21(24)19-12-5-2-6-13-19/h1-6,9-16,23,25-26H,7-8,17H2. The fourth-order valence-electron chi connectivity index (χ4n) is 3.54. The second kappa shape index (κ2) is 7.59. The molecule has 0 radical (unpaired) electrons. The molecule has 0 heterocycles. The molecule has 3 aromatic carbocycles. The lowest BCUT2D eigenvalue weighted by atomic mass is 9.94. The molecule has 0 aromatic heterocycles. The normalized spacial score (nSPS) is 16.8. The van der Waals surface area contributed by atoms with E-state index in [9.17, 15) is 5.11 Å². The highest BCUT2D eigenvalue weighted by Gasteiger charge is 2.18. The number of para-hydroxylation sites is 1. The Labute approximate surface area is 154 Å². The lowest BCUT2D eigenvalue weighted by molar-refractivity contribution is 0.192. The third kappa shape index (κ3) is 3.42. The molecule has 0 saturated carbocycles. The van der Waals surface area contributed by atoms with Crippen LogP contribution in [-0.2, 0) is 0 Å². The molecule has 0 saturated heterocycles. The van der Waals surface area contributed by atoms with Crippen LogP contribution in [0.25, 0.3) is 22.3 Å². The number of benzene rings is 3. The van der Waals surface area contributed by atoms with Crippen molar-refractivity contribution in [1.29, 1.82) is 0 Å². The van der Waals surface area contributed by atoms with Gasteiger partial charge < -0.3 is 10.4 Å². The van der Waals surface area contributed by atoms with Gasteiger partial charge in [0.05, 0.1) is 11.8 Å². The molecule has 2 nitrogen and oxygen atoms in total. The molecule has 0 spiro atoms. The van der Waals surface area contributed by atoms with Gasteiger partial charge in [0.25, 0.3) is 0 Å². The monoisotopic (exact) mass is 341 g/mol. The van der Waals surface area contributed by atoms with Gasteiger partial charge in [0, 0.05) is 16.8 Å². The van der Waals surface area contributed by atoms with Gasteiger partial charge in [0.1, 0.15) is 0 Å². The maximum absolute atomic E-state index is 10.4. The molecule has 1 unspecified atom stereocenters. The van der Waals surface area contributed by atoms with Crippen molar-refractivity contribution in [3.63, 3.8) is 0 Å². The molecule has 1 atom stereocenters. The van der Waals surface area contributed by atoms with E-state index >= 15 is 0 Å². The first-order valence-corrected chi connectivity index (χ1v) is 9.22. The Kier molecular flexibility index (Phi) is 4.85. The Morgan fingerprint density at radius 2 is 1.31 bits per heavy atom. The summed E-state index contributed by atoms with van der Waals surface area (Å²) in [6.07, 6.45) is 4.57. The highest BCUT2D eigenvalue weighted by atomic mass is 16.3. The lowest BCUT2D eigenvalue weighted by Gasteiger charge is -2.24. The largest absolute Gasteiger partial charge is 0.387 e. The van der Waals surface area contributed by atoms with E-state index in [4.69, 9.17) is 0 Å². The molecule has 1 aliphatic rings. The Balaban J connectivity index is 1.86. The molecule has 2 heteroatoms. The highest BCUT2D eigenvalue weighted by molar-refractivity contribution is 5.91. The van der Waals surface area contributed by atoms with Gasteiger partial charge in [0.2, 0.25) is 0 Å². The maximum atomic E-state index is 10.4. The van der Waals surface area contributed by atoms with Crippen LogP contribution < -0.4 is 5.32 Å². The molecule has 0 amide bonds. The molecule has 26 heavy (non-hydrogen) atoms. The summed E-state index contributed by atoms with van der Waals surface area (Å²) in [6.45, 7) is 0. The predicted molar refractivity (Wildman–Crippen MR) is 109 cm³/mol. The third-order valence-electron chi connectivity index (χ3n) is 4.91. The number of aliphatic hydroxyl groups excluding tert-OH is 1. The smallest absolute Gasteiger partial charge is 0.0934 e. The van der Waals surface area contributed by atoms with Crippen LogP contribution in [0.5, 0.6) is 0 Å². The minimum absolute atomic E-state index is 0.420. The van der Waals surface area contributed by atoms with Gasteiger partial charge in [-0.05, 0) is 30.4 Å². The number of aliphatic hydroxyl groups is 1. The first-order chi connectivity index (χ1) is 12.8. The van der Waals surface area contributed by atoms with Crippen LogP contribution in [0.1, 0.15) is 19.3 Å².